The molecule has 2 heterocycles. The first kappa shape index (κ1) is 18.5. The average molecular weight is 381 g/mol. The summed E-state index contributed by atoms with van der Waals surface area (Å²) < 4.78 is 13.3. The Morgan fingerprint density at radius 1 is 1.27 bits per heavy atom. The highest BCUT2D eigenvalue weighted by atomic mass is 35.5. The highest BCUT2D eigenvalue weighted by molar-refractivity contribution is 6.30. The lowest BCUT2D eigenvalue weighted by atomic mass is 10.1. The van der Waals surface area contributed by atoms with Gasteiger partial charge in [-0.05, 0) is 18.2 Å². The number of carbonyl (C=O) groups is 1. The summed E-state index contributed by atoms with van der Waals surface area (Å²) >= 11 is 5.96. The van der Waals surface area contributed by atoms with Crippen LogP contribution in [0.5, 0.6) is 5.75 Å². The van der Waals surface area contributed by atoms with Crippen LogP contribution in [-0.2, 0) is 24.2 Å². The number of ether oxygens (including phenoxy) is 2. The van der Waals surface area contributed by atoms with Crippen LogP contribution < -0.4 is 10.4 Å². The van der Waals surface area contributed by atoms with Crippen molar-refractivity contribution in [3.63, 3.8) is 0 Å². The number of rotatable bonds is 5. The van der Waals surface area contributed by atoms with Crippen LogP contribution in [0.1, 0.15) is 16.2 Å². The van der Waals surface area contributed by atoms with Gasteiger partial charge in [0.1, 0.15) is 11.6 Å². The number of aromatic nitrogens is 3. The van der Waals surface area contributed by atoms with Crippen molar-refractivity contribution >= 4 is 17.5 Å². The normalized spacial score (nSPS) is 14.0. The predicted molar refractivity (Wildman–Crippen MR) is 96.0 cm³/mol. The summed E-state index contributed by atoms with van der Waals surface area (Å²) in [4.78, 5) is 27.0. The van der Waals surface area contributed by atoms with Crippen molar-refractivity contribution in [1.82, 2.24) is 19.2 Å². The monoisotopic (exact) mass is 380 g/mol. The van der Waals surface area contributed by atoms with E-state index in [9.17, 15) is 9.59 Å². The third-order valence-corrected chi connectivity index (χ3v) is 4.62. The van der Waals surface area contributed by atoms with E-state index >= 15 is 0 Å². The van der Waals surface area contributed by atoms with E-state index in [0.29, 0.717) is 61.4 Å². The van der Waals surface area contributed by atoms with Crippen molar-refractivity contribution in [3.05, 3.63) is 45.1 Å². The molecule has 0 radical (unpaired) electrons. The van der Waals surface area contributed by atoms with Gasteiger partial charge in [-0.25, -0.2) is 9.48 Å². The Balaban J connectivity index is 1.77. The predicted octanol–water partition coefficient (Wildman–Crippen LogP) is 1.05. The number of hydrogen-bond acceptors (Lipinski definition) is 5. The largest absolute Gasteiger partial charge is 0.496 e. The molecule has 0 bridgehead atoms. The fourth-order valence-corrected chi connectivity index (χ4v) is 3.16. The van der Waals surface area contributed by atoms with Crippen molar-refractivity contribution in [2.75, 3.05) is 33.9 Å². The highest BCUT2D eigenvalue weighted by Gasteiger charge is 2.24. The Kier molecular flexibility index (Phi) is 5.63. The molecule has 2 aromatic rings. The van der Waals surface area contributed by atoms with Crippen LogP contribution in [0.15, 0.2) is 23.0 Å². The van der Waals surface area contributed by atoms with Gasteiger partial charge in [0, 0.05) is 38.2 Å². The minimum Gasteiger partial charge on any atom is -0.496 e. The molecule has 3 rings (SSSR count). The third kappa shape index (κ3) is 3.61. The first-order valence-corrected chi connectivity index (χ1v) is 8.71. The lowest BCUT2D eigenvalue weighted by Gasteiger charge is -2.21. The van der Waals surface area contributed by atoms with Gasteiger partial charge < -0.3 is 14.4 Å². The molecule has 0 spiro atoms. The molecule has 9 heteroatoms. The molecule has 140 valence electrons. The van der Waals surface area contributed by atoms with Gasteiger partial charge in [0.25, 0.3) is 5.91 Å². The Morgan fingerprint density at radius 3 is 2.81 bits per heavy atom. The first-order valence-electron chi connectivity index (χ1n) is 8.33. The molecule has 0 saturated carbocycles. The summed E-state index contributed by atoms with van der Waals surface area (Å²) in [6.45, 7) is 2.15. The van der Waals surface area contributed by atoms with Gasteiger partial charge in [0.15, 0.2) is 0 Å². The van der Waals surface area contributed by atoms with E-state index in [1.165, 1.54) is 11.8 Å². The van der Waals surface area contributed by atoms with E-state index in [-0.39, 0.29) is 11.6 Å². The molecule has 1 aliphatic rings. The van der Waals surface area contributed by atoms with Crippen LogP contribution in [0.4, 0.5) is 0 Å². The van der Waals surface area contributed by atoms with Crippen molar-refractivity contribution in [2.24, 2.45) is 0 Å². The SMILES string of the molecule is COCCn1nc2n(c1=O)CCN(C(=O)c1ccc(Cl)cc1OC)CC2. The molecule has 26 heavy (non-hydrogen) atoms. The molecule has 0 N–H and O–H groups in total. The van der Waals surface area contributed by atoms with Crippen LogP contribution in [-0.4, -0.2) is 59.1 Å². The molecule has 1 aromatic heterocycles. The van der Waals surface area contributed by atoms with Crippen LogP contribution >= 0.6 is 11.6 Å². The van der Waals surface area contributed by atoms with Crippen molar-refractivity contribution < 1.29 is 14.3 Å². The summed E-state index contributed by atoms with van der Waals surface area (Å²) in [5.74, 6) is 0.972. The molecule has 0 atom stereocenters. The van der Waals surface area contributed by atoms with E-state index in [1.807, 2.05) is 0 Å². The third-order valence-electron chi connectivity index (χ3n) is 4.39. The fourth-order valence-electron chi connectivity index (χ4n) is 3.00. The Hall–Kier alpha value is -2.32. The van der Waals surface area contributed by atoms with Gasteiger partial charge in [-0.3, -0.25) is 9.36 Å². The maximum atomic E-state index is 12.9. The average Bonchev–Trinajstić information content (AvgIpc) is 2.81. The maximum absolute atomic E-state index is 12.9. The van der Waals surface area contributed by atoms with Crippen molar-refractivity contribution in [1.29, 1.82) is 0 Å². The lowest BCUT2D eigenvalue weighted by molar-refractivity contribution is 0.0755. The minimum atomic E-state index is -0.171. The number of nitrogens with zero attached hydrogens (tertiary/aromatic N) is 4. The first-order chi connectivity index (χ1) is 12.5. The van der Waals surface area contributed by atoms with Gasteiger partial charge in [0.05, 0.1) is 25.8 Å². The molecular weight excluding hydrogens is 360 g/mol. The van der Waals surface area contributed by atoms with E-state index in [0.717, 1.165) is 0 Å². The maximum Gasteiger partial charge on any atom is 0.346 e. The number of hydrogen-bond donors (Lipinski definition) is 0. The molecular formula is C17H21ClN4O4. The van der Waals surface area contributed by atoms with Crippen molar-refractivity contribution in [3.8, 4) is 5.75 Å². The van der Waals surface area contributed by atoms with Gasteiger partial charge in [-0.1, -0.05) is 11.6 Å². The quantitative estimate of drug-likeness (QED) is 0.774. The number of carbonyl (C=O) groups excluding carboxylic acids is 1. The molecule has 1 aliphatic heterocycles. The summed E-state index contributed by atoms with van der Waals surface area (Å²) in [5, 5.41) is 4.87. The number of fused-ring (bicyclic) bond motifs is 1. The Morgan fingerprint density at radius 2 is 2.08 bits per heavy atom. The van der Waals surface area contributed by atoms with Crippen LogP contribution in [0.25, 0.3) is 0 Å². The van der Waals surface area contributed by atoms with Crippen LogP contribution in [0.3, 0.4) is 0 Å². The Bertz CT molecular complexity index is 861. The number of methoxy groups -OCH3 is 2. The summed E-state index contributed by atoms with van der Waals surface area (Å²) in [6, 6.07) is 4.94. The zero-order valence-corrected chi connectivity index (χ0v) is 15.5. The molecule has 8 nitrogen and oxygen atoms in total. The minimum absolute atomic E-state index is 0.149. The molecule has 1 amide bonds. The van der Waals surface area contributed by atoms with E-state index in [2.05, 4.69) is 5.10 Å². The summed E-state index contributed by atoms with van der Waals surface area (Å²) in [6.07, 6.45) is 0.511. The molecule has 1 aromatic carbocycles. The highest BCUT2D eigenvalue weighted by Crippen LogP contribution is 2.24. The molecule has 0 fully saturated rings. The second-order valence-electron chi connectivity index (χ2n) is 5.95. The summed E-state index contributed by atoms with van der Waals surface area (Å²) in [7, 11) is 3.09. The summed E-state index contributed by atoms with van der Waals surface area (Å²) in [5.41, 5.74) is 0.282. The lowest BCUT2D eigenvalue weighted by Crippen LogP contribution is -2.35. The van der Waals surface area contributed by atoms with Crippen LogP contribution in [0, 0.1) is 0 Å². The smallest absolute Gasteiger partial charge is 0.346 e. The molecule has 0 aliphatic carbocycles. The van der Waals surface area contributed by atoms with E-state index in [1.54, 1.807) is 34.8 Å². The zero-order valence-electron chi connectivity index (χ0n) is 14.8. The Labute approximate surface area is 155 Å². The van der Waals surface area contributed by atoms with E-state index < -0.39 is 0 Å². The van der Waals surface area contributed by atoms with Gasteiger partial charge >= 0.3 is 5.69 Å². The van der Waals surface area contributed by atoms with E-state index in [4.69, 9.17) is 21.1 Å². The second kappa shape index (κ2) is 7.92. The fraction of sp³-hybridized carbons (Fsp3) is 0.471. The zero-order chi connectivity index (χ0) is 18.7. The van der Waals surface area contributed by atoms with Crippen molar-refractivity contribution in [2.45, 2.75) is 19.5 Å². The standard InChI is InChI=1S/C17H21ClN4O4/c1-25-10-9-22-17(24)21-8-7-20(6-5-15(21)19-22)16(23)13-4-3-12(18)11-14(13)26-2/h3-4,11H,5-10H2,1-2H3. The van der Waals surface area contributed by atoms with Gasteiger partial charge in [0.2, 0.25) is 0 Å². The van der Waals surface area contributed by atoms with Gasteiger partial charge in [-0.2, -0.15) is 5.10 Å². The number of amides is 1. The molecule has 0 saturated heterocycles. The number of halogens is 1. The van der Waals surface area contributed by atoms with Crippen LogP contribution in [0.2, 0.25) is 5.02 Å². The second-order valence-corrected chi connectivity index (χ2v) is 6.39. The number of benzene rings is 1. The van der Waals surface area contributed by atoms with Gasteiger partial charge in [-0.15, -0.1) is 0 Å². The topological polar surface area (TPSA) is 78.6 Å². The molecule has 0 unspecified atom stereocenters.